The summed E-state index contributed by atoms with van der Waals surface area (Å²) in [7, 11) is 0. The first-order valence-corrected chi connectivity index (χ1v) is 13.6. The van der Waals surface area contributed by atoms with Crippen LogP contribution in [0, 0.1) is 0 Å². The molecule has 0 aliphatic carbocycles. The van der Waals surface area contributed by atoms with Crippen LogP contribution >= 0.6 is 0 Å². The van der Waals surface area contributed by atoms with Gasteiger partial charge < -0.3 is 38.3 Å². The molecule has 2 rings (SSSR count). The van der Waals surface area contributed by atoms with Crippen LogP contribution in [0.25, 0.3) is 0 Å². The minimum absolute atomic E-state index is 0.0468. The molecule has 0 aliphatic heterocycles. The fourth-order valence-corrected chi connectivity index (χ4v) is 4.13. The van der Waals surface area contributed by atoms with Crippen LogP contribution in [0.4, 0.5) is 0 Å². The van der Waals surface area contributed by atoms with Crippen molar-refractivity contribution in [3.8, 4) is 0 Å². The summed E-state index contributed by atoms with van der Waals surface area (Å²) in [4.78, 5) is 62.6. The molecule has 10 N–H and O–H groups in total. The molecule has 0 radical (unpaired) electrons. The van der Waals surface area contributed by atoms with Crippen LogP contribution in [0.3, 0.4) is 0 Å². The van der Waals surface area contributed by atoms with Crippen molar-refractivity contribution in [2.24, 2.45) is 17.2 Å². The molecule has 0 heterocycles. The van der Waals surface area contributed by atoms with Gasteiger partial charge in [0.05, 0.1) is 6.04 Å². The van der Waals surface area contributed by atoms with Crippen LogP contribution < -0.4 is 33.2 Å². The van der Waals surface area contributed by atoms with Gasteiger partial charge in [-0.25, -0.2) is 4.79 Å². The molecule has 0 saturated carbocycles. The molecule has 0 saturated heterocycles. The van der Waals surface area contributed by atoms with E-state index in [9.17, 15) is 29.1 Å². The Morgan fingerprint density at radius 2 is 1.15 bits per heavy atom. The molecule has 0 aromatic heterocycles. The van der Waals surface area contributed by atoms with Gasteiger partial charge in [0.15, 0.2) is 0 Å². The normalized spacial score (nSPS) is 13.7. The largest absolute Gasteiger partial charge is 0.480 e. The Balaban J connectivity index is 2.27. The number of hydrogen-bond donors (Lipinski definition) is 7. The summed E-state index contributed by atoms with van der Waals surface area (Å²) in [6.07, 6.45) is 1.47. The van der Waals surface area contributed by atoms with Gasteiger partial charge in [0.2, 0.25) is 23.6 Å². The van der Waals surface area contributed by atoms with Gasteiger partial charge in [-0.3, -0.25) is 19.2 Å². The van der Waals surface area contributed by atoms with E-state index in [1.807, 2.05) is 6.07 Å². The Labute approximate surface area is 239 Å². The van der Waals surface area contributed by atoms with Crippen LogP contribution in [0.15, 0.2) is 60.7 Å². The lowest BCUT2D eigenvalue weighted by molar-refractivity contribution is -0.142. The number of carbonyl (C=O) groups is 5. The molecule has 0 fully saturated rings. The first-order valence-electron chi connectivity index (χ1n) is 13.6. The maximum absolute atomic E-state index is 13.6. The van der Waals surface area contributed by atoms with Crippen LogP contribution in [-0.2, 0) is 36.8 Å². The minimum Gasteiger partial charge on any atom is -0.480 e. The first kappa shape index (κ1) is 32.9. The van der Waals surface area contributed by atoms with Crippen LogP contribution in [0.5, 0.6) is 0 Å². The van der Waals surface area contributed by atoms with Gasteiger partial charge in [-0.1, -0.05) is 67.1 Å². The summed E-state index contributed by atoms with van der Waals surface area (Å²) >= 11 is 0. The predicted molar refractivity (Wildman–Crippen MR) is 153 cm³/mol. The number of nitrogens with two attached hydrogens (primary N) is 3. The zero-order valence-corrected chi connectivity index (χ0v) is 23.0. The van der Waals surface area contributed by atoms with Crippen molar-refractivity contribution >= 4 is 29.6 Å². The number of benzene rings is 2. The number of carboxylic acid groups (broad SMARTS) is 1. The van der Waals surface area contributed by atoms with E-state index in [-0.39, 0.29) is 25.7 Å². The predicted octanol–water partition coefficient (Wildman–Crippen LogP) is -0.267. The number of carboxylic acids is 1. The number of nitrogens with one attached hydrogen (secondary N) is 3. The standard InChI is InChI=1S/C29H40N6O6/c30-16-8-7-13-21(31)26(37)34-23(17-19-9-3-1-4-10-19)28(39)35-24(18-20-11-5-2-6-12-20)27(38)33-22(29(40)41)14-15-25(32)36/h1-6,9-12,21-24H,7-8,13-18,30-31H2,(H2,32,36)(H,33,38)(H,34,37)(H,35,39)(H,40,41). The number of amides is 4. The average Bonchev–Trinajstić information content (AvgIpc) is 2.95. The molecule has 0 bridgehead atoms. The summed E-state index contributed by atoms with van der Waals surface area (Å²) < 4.78 is 0. The van der Waals surface area contributed by atoms with E-state index in [1.54, 1.807) is 54.6 Å². The Bertz CT molecular complexity index is 1150. The smallest absolute Gasteiger partial charge is 0.326 e. The molecular weight excluding hydrogens is 528 g/mol. The van der Waals surface area contributed by atoms with Crippen molar-refractivity contribution in [3.63, 3.8) is 0 Å². The van der Waals surface area contributed by atoms with E-state index < -0.39 is 53.8 Å². The summed E-state index contributed by atoms with van der Waals surface area (Å²) in [5.41, 5.74) is 18.2. The Kier molecular flexibility index (Phi) is 14.0. The summed E-state index contributed by atoms with van der Waals surface area (Å²) in [6.45, 7) is 0.476. The minimum atomic E-state index is -1.39. The Morgan fingerprint density at radius 3 is 1.59 bits per heavy atom. The molecule has 4 unspecified atom stereocenters. The van der Waals surface area contributed by atoms with E-state index in [1.165, 1.54) is 0 Å². The van der Waals surface area contributed by atoms with Gasteiger partial charge in [0.25, 0.3) is 0 Å². The summed E-state index contributed by atoms with van der Waals surface area (Å²) in [6, 6.07) is 13.4. The van der Waals surface area contributed by atoms with E-state index in [4.69, 9.17) is 17.2 Å². The topological polar surface area (TPSA) is 220 Å². The van der Waals surface area contributed by atoms with Crippen LogP contribution in [-0.4, -0.2) is 65.4 Å². The lowest BCUT2D eigenvalue weighted by Crippen LogP contribution is -2.58. The fourth-order valence-electron chi connectivity index (χ4n) is 4.13. The highest BCUT2D eigenvalue weighted by molar-refractivity contribution is 5.94. The Hall–Kier alpha value is -4.29. The summed E-state index contributed by atoms with van der Waals surface area (Å²) in [5.74, 6) is -3.97. The maximum Gasteiger partial charge on any atom is 0.326 e. The van der Waals surface area contributed by atoms with Crippen LogP contribution in [0.2, 0.25) is 0 Å². The molecule has 2 aromatic carbocycles. The van der Waals surface area contributed by atoms with Crippen molar-refractivity contribution in [1.82, 2.24) is 16.0 Å². The van der Waals surface area contributed by atoms with Crippen molar-refractivity contribution in [2.75, 3.05) is 6.54 Å². The second-order valence-corrected chi connectivity index (χ2v) is 9.80. The van der Waals surface area contributed by atoms with E-state index >= 15 is 0 Å². The zero-order valence-electron chi connectivity index (χ0n) is 23.0. The van der Waals surface area contributed by atoms with Crippen LogP contribution in [0.1, 0.15) is 43.2 Å². The summed E-state index contributed by atoms with van der Waals surface area (Å²) in [5, 5.41) is 17.3. The molecule has 12 heteroatoms. The molecule has 0 aliphatic rings. The monoisotopic (exact) mass is 568 g/mol. The van der Waals surface area contributed by atoms with E-state index in [2.05, 4.69) is 16.0 Å². The highest BCUT2D eigenvalue weighted by atomic mass is 16.4. The van der Waals surface area contributed by atoms with E-state index in [0.717, 1.165) is 5.56 Å². The van der Waals surface area contributed by atoms with Crippen molar-refractivity contribution in [3.05, 3.63) is 71.8 Å². The number of carbonyl (C=O) groups excluding carboxylic acids is 4. The lowest BCUT2D eigenvalue weighted by atomic mass is 10.0. The van der Waals surface area contributed by atoms with Crippen molar-refractivity contribution in [1.29, 1.82) is 0 Å². The number of aliphatic carboxylic acids is 1. The van der Waals surface area contributed by atoms with Gasteiger partial charge in [0.1, 0.15) is 18.1 Å². The zero-order chi connectivity index (χ0) is 30.2. The third-order valence-electron chi connectivity index (χ3n) is 6.43. The van der Waals surface area contributed by atoms with Gasteiger partial charge in [-0.15, -0.1) is 0 Å². The molecule has 222 valence electrons. The highest BCUT2D eigenvalue weighted by Gasteiger charge is 2.30. The molecule has 0 spiro atoms. The molecule has 41 heavy (non-hydrogen) atoms. The lowest BCUT2D eigenvalue weighted by Gasteiger charge is -2.25. The third-order valence-corrected chi connectivity index (χ3v) is 6.43. The number of hydrogen-bond acceptors (Lipinski definition) is 7. The number of rotatable bonds is 18. The van der Waals surface area contributed by atoms with Gasteiger partial charge in [-0.05, 0) is 36.9 Å². The molecule has 12 nitrogen and oxygen atoms in total. The molecular formula is C29H40N6O6. The van der Waals surface area contributed by atoms with Gasteiger partial charge in [0, 0.05) is 19.3 Å². The average molecular weight is 569 g/mol. The fraction of sp³-hybridized carbons (Fsp3) is 0.414. The third kappa shape index (κ3) is 12.2. The second-order valence-electron chi connectivity index (χ2n) is 9.80. The number of unbranched alkanes of at least 4 members (excludes halogenated alkanes) is 1. The highest BCUT2D eigenvalue weighted by Crippen LogP contribution is 2.09. The van der Waals surface area contributed by atoms with E-state index in [0.29, 0.717) is 31.4 Å². The van der Waals surface area contributed by atoms with Crippen molar-refractivity contribution in [2.45, 2.75) is 69.1 Å². The number of primary amides is 1. The Morgan fingerprint density at radius 1 is 0.683 bits per heavy atom. The quantitative estimate of drug-likeness (QED) is 0.118. The van der Waals surface area contributed by atoms with Gasteiger partial charge in [-0.2, -0.15) is 0 Å². The first-order chi connectivity index (χ1) is 19.6. The van der Waals surface area contributed by atoms with Gasteiger partial charge >= 0.3 is 5.97 Å². The SMILES string of the molecule is NCCCCC(N)C(=O)NC(Cc1ccccc1)C(=O)NC(Cc1ccccc1)C(=O)NC(CCC(N)=O)C(=O)O. The molecule has 4 amide bonds. The maximum atomic E-state index is 13.6. The van der Waals surface area contributed by atoms with Crippen molar-refractivity contribution < 1.29 is 29.1 Å². The molecule has 4 atom stereocenters. The molecule has 2 aromatic rings. The second kappa shape index (κ2) is 17.4.